The maximum Gasteiger partial charge on any atom is 0.232 e. The van der Waals surface area contributed by atoms with Gasteiger partial charge in [0, 0.05) is 31.7 Å². The van der Waals surface area contributed by atoms with Crippen molar-refractivity contribution >= 4 is 23.6 Å². The molecule has 1 aromatic rings. The molecule has 0 unspecified atom stereocenters. The van der Waals surface area contributed by atoms with E-state index in [9.17, 15) is 18.4 Å². The fraction of sp³-hybridized carbons (Fsp3) is 0.500. The van der Waals surface area contributed by atoms with Crippen LogP contribution in [0.5, 0.6) is 0 Å². The standard InChI is InChI=1S/C16H20F2N2O2S/c1-23-11-15(22)20-7-3-6-19(8-9-20)14(21)10-12-4-2-5-13(17)16(12)18/h2,4-5H,3,6-11H2,1H3. The van der Waals surface area contributed by atoms with Gasteiger partial charge in [-0.3, -0.25) is 9.59 Å². The van der Waals surface area contributed by atoms with Crippen LogP contribution in [0, 0.1) is 11.6 Å². The molecule has 0 aliphatic carbocycles. The number of hydrogen-bond donors (Lipinski definition) is 0. The first-order chi connectivity index (χ1) is 11.0. The minimum absolute atomic E-state index is 0.0644. The van der Waals surface area contributed by atoms with Crippen LogP contribution in [0.15, 0.2) is 18.2 Å². The number of carbonyl (C=O) groups excluding carboxylic acids is 2. The number of thioether (sulfide) groups is 1. The summed E-state index contributed by atoms with van der Waals surface area (Å²) in [6.45, 7) is 2.06. The number of halogens is 2. The number of carbonyl (C=O) groups is 2. The Hall–Kier alpha value is -1.63. The Morgan fingerprint density at radius 3 is 2.39 bits per heavy atom. The predicted octanol–water partition coefficient (Wildman–Crippen LogP) is 1.93. The lowest BCUT2D eigenvalue weighted by Crippen LogP contribution is -2.38. The molecule has 4 nitrogen and oxygen atoms in total. The van der Waals surface area contributed by atoms with E-state index in [1.807, 2.05) is 6.26 Å². The van der Waals surface area contributed by atoms with Crippen LogP contribution in [0.1, 0.15) is 12.0 Å². The van der Waals surface area contributed by atoms with Crippen molar-refractivity contribution < 1.29 is 18.4 Å². The van der Waals surface area contributed by atoms with E-state index in [4.69, 9.17) is 0 Å². The van der Waals surface area contributed by atoms with Crippen molar-refractivity contribution in [3.05, 3.63) is 35.4 Å². The highest BCUT2D eigenvalue weighted by molar-refractivity contribution is 7.99. The van der Waals surface area contributed by atoms with E-state index in [0.29, 0.717) is 38.4 Å². The van der Waals surface area contributed by atoms with Gasteiger partial charge in [-0.05, 0) is 18.7 Å². The molecule has 0 radical (unpaired) electrons. The summed E-state index contributed by atoms with van der Waals surface area (Å²) in [5, 5.41) is 0. The smallest absolute Gasteiger partial charge is 0.232 e. The SMILES string of the molecule is CSCC(=O)N1CCCN(C(=O)Cc2cccc(F)c2F)CC1. The average molecular weight is 342 g/mol. The largest absolute Gasteiger partial charge is 0.341 e. The van der Waals surface area contributed by atoms with Crippen molar-refractivity contribution in [2.24, 2.45) is 0 Å². The van der Waals surface area contributed by atoms with Crippen molar-refractivity contribution in [2.75, 3.05) is 38.2 Å². The van der Waals surface area contributed by atoms with Crippen molar-refractivity contribution in [3.8, 4) is 0 Å². The van der Waals surface area contributed by atoms with Gasteiger partial charge in [0.15, 0.2) is 11.6 Å². The van der Waals surface area contributed by atoms with Gasteiger partial charge in [0.25, 0.3) is 0 Å². The van der Waals surface area contributed by atoms with Crippen LogP contribution in [-0.2, 0) is 16.0 Å². The molecular weight excluding hydrogens is 322 g/mol. The summed E-state index contributed by atoms with van der Waals surface area (Å²) < 4.78 is 26.9. The predicted molar refractivity (Wildman–Crippen MR) is 86.2 cm³/mol. The Morgan fingerprint density at radius 1 is 1.09 bits per heavy atom. The molecule has 1 aliphatic heterocycles. The summed E-state index contributed by atoms with van der Waals surface area (Å²) in [4.78, 5) is 27.6. The second-order valence-electron chi connectivity index (χ2n) is 5.44. The Labute approximate surface area is 138 Å². The lowest BCUT2D eigenvalue weighted by molar-refractivity contribution is -0.132. The fourth-order valence-electron chi connectivity index (χ4n) is 2.59. The highest BCUT2D eigenvalue weighted by Gasteiger charge is 2.22. The normalized spacial score (nSPS) is 15.4. The van der Waals surface area contributed by atoms with E-state index in [1.54, 1.807) is 9.80 Å². The molecule has 0 aromatic heterocycles. The van der Waals surface area contributed by atoms with Gasteiger partial charge in [-0.2, -0.15) is 11.8 Å². The summed E-state index contributed by atoms with van der Waals surface area (Å²) >= 11 is 1.47. The zero-order valence-electron chi connectivity index (χ0n) is 13.1. The zero-order chi connectivity index (χ0) is 16.8. The van der Waals surface area contributed by atoms with Gasteiger partial charge in [-0.25, -0.2) is 8.78 Å². The van der Waals surface area contributed by atoms with Gasteiger partial charge in [0.1, 0.15) is 0 Å². The summed E-state index contributed by atoms with van der Waals surface area (Å²) in [5.74, 6) is -1.65. The zero-order valence-corrected chi connectivity index (χ0v) is 13.9. The number of benzene rings is 1. The molecule has 0 spiro atoms. The molecule has 0 saturated carbocycles. The van der Waals surface area contributed by atoms with Gasteiger partial charge < -0.3 is 9.80 Å². The maximum absolute atomic E-state index is 13.7. The van der Waals surface area contributed by atoms with E-state index in [2.05, 4.69) is 0 Å². The van der Waals surface area contributed by atoms with E-state index < -0.39 is 11.6 Å². The van der Waals surface area contributed by atoms with Crippen LogP contribution in [-0.4, -0.2) is 59.8 Å². The number of amides is 2. The highest BCUT2D eigenvalue weighted by Crippen LogP contribution is 2.14. The second kappa shape index (κ2) is 8.29. The third kappa shape index (κ3) is 4.67. The summed E-state index contributed by atoms with van der Waals surface area (Å²) in [7, 11) is 0. The molecule has 1 aliphatic rings. The van der Waals surface area contributed by atoms with Crippen molar-refractivity contribution in [3.63, 3.8) is 0 Å². The van der Waals surface area contributed by atoms with Crippen LogP contribution >= 0.6 is 11.8 Å². The molecule has 126 valence electrons. The molecule has 2 rings (SSSR count). The van der Waals surface area contributed by atoms with E-state index in [-0.39, 0.29) is 23.8 Å². The lowest BCUT2D eigenvalue weighted by Gasteiger charge is -2.22. The third-order valence-corrected chi connectivity index (χ3v) is 4.38. The fourth-order valence-corrected chi connectivity index (χ4v) is 3.02. The van der Waals surface area contributed by atoms with E-state index in [1.165, 1.54) is 23.9 Å². The molecule has 1 saturated heterocycles. The summed E-state index contributed by atoms with van der Waals surface area (Å²) in [6, 6.07) is 3.85. The lowest BCUT2D eigenvalue weighted by atomic mass is 10.1. The first-order valence-corrected chi connectivity index (χ1v) is 8.89. The summed E-state index contributed by atoms with van der Waals surface area (Å²) in [6.07, 6.45) is 2.40. The molecular formula is C16H20F2N2O2S. The minimum atomic E-state index is -0.965. The van der Waals surface area contributed by atoms with Crippen molar-refractivity contribution in [1.29, 1.82) is 0 Å². The highest BCUT2D eigenvalue weighted by atomic mass is 32.2. The first-order valence-electron chi connectivity index (χ1n) is 7.50. The molecule has 0 N–H and O–H groups in total. The minimum Gasteiger partial charge on any atom is -0.341 e. The summed E-state index contributed by atoms with van der Waals surface area (Å²) in [5.41, 5.74) is 0.0644. The Morgan fingerprint density at radius 2 is 1.74 bits per heavy atom. The Kier molecular flexibility index (Phi) is 6.38. The van der Waals surface area contributed by atoms with Crippen molar-refractivity contribution in [1.82, 2.24) is 9.80 Å². The van der Waals surface area contributed by atoms with Crippen LogP contribution in [0.4, 0.5) is 8.78 Å². The third-order valence-electron chi connectivity index (χ3n) is 3.84. The maximum atomic E-state index is 13.7. The monoisotopic (exact) mass is 342 g/mol. The van der Waals surface area contributed by atoms with E-state index in [0.717, 1.165) is 6.07 Å². The Bertz CT molecular complexity index is 583. The van der Waals surface area contributed by atoms with Gasteiger partial charge in [0.05, 0.1) is 12.2 Å². The van der Waals surface area contributed by atoms with E-state index >= 15 is 0 Å². The molecule has 1 aromatic carbocycles. The molecule has 0 atom stereocenters. The molecule has 1 fully saturated rings. The van der Waals surface area contributed by atoms with Gasteiger partial charge in [-0.1, -0.05) is 12.1 Å². The average Bonchev–Trinajstić information content (AvgIpc) is 2.78. The number of hydrogen-bond acceptors (Lipinski definition) is 3. The van der Waals surface area contributed by atoms with Crippen LogP contribution in [0.2, 0.25) is 0 Å². The van der Waals surface area contributed by atoms with Crippen molar-refractivity contribution in [2.45, 2.75) is 12.8 Å². The number of rotatable bonds is 4. The molecule has 2 amide bonds. The molecule has 0 bridgehead atoms. The molecule has 7 heteroatoms. The topological polar surface area (TPSA) is 40.6 Å². The van der Waals surface area contributed by atoms with Gasteiger partial charge in [-0.15, -0.1) is 0 Å². The molecule has 23 heavy (non-hydrogen) atoms. The van der Waals surface area contributed by atoms with Crippen LogP contribution in [0.25, 0.3) is 0 Å². The Balaban J connectivity index is 1.95. The van der Waals surface area contributed by atoms with Crippen LogP contribution in [0.3, 0.4) is 0 Å². The number of nitrogens with zero attached hydrogens (tertiary/aromatic N) is 2. The van der Waals surface area contributed by atoms with Gasteiger partial charge in [0.2, 0.25) is 11.8 Å². The van der Waals surface area contributed by atoms with Gasteiger partial charge >= 0.3 is 0 Å². The molecule has 1 heterocycles. The first kappa shape index (κ1) is 17.7. The second-order valence-corrected chi connectivity index (χ2v) is 6.30. The quantitative estimate of drug-likeness (QED) is 0.840. The van der Waals surface area contributed by atoms with Crippen LogP contribution < -0.4 is 0 Å².